The molecule has 0 bridgehead atoms. The van der Waals surface area contributed by atoms with E-state index < -0.39 is 17.6 Å². The van der Waals surface area contributed by atoms with E-state index in [1.165, 1.54) is 30.3 Å². The van der Waals surface area contributed by atoms with Gasteiger partial charge in [0.1, 0.15) is 5.82 Å². The van der Waals surface area contributed by atoms with Crippen LogP contribution in [0.1, 0.15) is 5.56 Å². The Labute approximate surface area is 101 Å². The van der Waals surface area contributed by atoms with E-state index in [0.29, 0.717) is 0 Å². The van der Waals surface area contributed by atoms with Gasteiger partial charge in [-0.1, -0.05) is 24.3 Å². The van der Waals surface area contributed by atoms with Crippen molar-refractivity contribution in [2.45, 2.75) is 6.18 Å². The first-order chi connectivity index (χ1) is 8.41. The number of nitrogen functional groups attached to an aromatic ring is 1. The molecule has 0 spiro atoms. The average Bonchev–Trinajstić information content (AvgIpc) is 2.29. The Bertz CT molecular complexity index is 575. The van der Waals surface area contributed by atoms with E-state index in [1.54, 1.807) is 0 Å². The first-order valence-corrected chi connectivity index (χ1v) is 5.12. The summed E-state index contributed by atoms with van der Waals surface area (Å²) in [7, 11) is 0. The second-order valence-electron chi connectivity index (χ2n) is 3.75. The molecular weight excluding hydrogens is 246 g/mol. The molecule has 0 heterocycles. The van der Waals surface area contributed by atoms with Crippen molar-refractivity contribution in [3.63, 3.8) is 0 Å². The number of hydrogen-bond acceptors (Lipinski definition) is 1. The molecule has 94 valence electrons. The third kappa shape index (κ3) is 2.16. The Kier molecular flexibility index (Phi) is 2.98. The standard InChI is InChI=1S/C13H9F4N/c14-10-6-2-1-4-8(10)12-9(13(15,16)17)5-3-7-11(12)18/h1-7H,18H2. The van der Waals surface area contributed by atoms with Crippen molar-refractivity contribution in [2.24, 2.45) is 0 Å². The smallest absolute Gasteiger partial charge is 0.398 e. The minimum atomic E-state index is -4.58. The van der Waals surface area contributed by atoms with E-state index in [4.69, 9.17) is 5.73 Å². The topological polar surface area (TPSA) is 26.0 Å². The summed E-state index contributed by atoms with van der Waals surface area (Å²) in [4.78, 5) is 0. The highest BCUT2D eigenvalue weighted by Gasteiger charge is 2.34. The third-order valence-electron chi connectivity index (χ3n) is 2.55. The third-order valence-corrected chi connectivity index (χ3v) is 2.55. The first kappa shape index (κ1) is 12.4. The number of benzene rings is 2. The molecule has 0 aliphatic heterocycles. The largest absolute Gasteiger partial charge is 0.417 e. The molecule has 5 heteroatoms. The molecule has 0 saturated carbocycles. The Morgan fingerprint density at radius 3 is 2.17 bits per heavy atom. The Balaban J connectivity index is 2.75. The second-order valence-corrected chi connectivity index (χ2v) is 3.75. The summed E-state index contributed by atoms with van der Waals surface area (Å²) >= 11 is 0. The minimum Gasteiger partial charge on any atom is -0.398 e. The van der Waals surface area contributed by atoms with E-state index in [0.717, 1.165) is 12.1 Å². The monoisotopic (exact) mass is 255 g/mol. The van der Waals surface area contributed by atoms with E-state index >= 15 is 0 Å². The van der Waals surface area contributed by atoms with Gasteiger partial charge in [-0.05, 0) is 18.2 Å². The van der Waals surface area contributed by atoms with Gasteiger partial charge in [-0.25, -0.2) is 4.39 Å². The molecule has 0 radical (unpaired) electrons. The van der Waals surface area contributed by atoms with Gasteiger partial charge in [0.2, 0.25) is 0 Å². The maximum absolute atomic E-state index is 13.6. The van der Waals surface area contributed by atoms with E-state index in [1.807, 2.05) is 0 Å². The number of halogens is 4. The molecule has 2 aromatic carbocycles. The highest BCUT2D eigenvalue weighted by atomic mass is 19.4. The molecule has 0 amide bonds. The highest BCUT2D eigenvalue weighted by molar-refractivity contribution is 5.80. The van der Waals surface area contributed by atoms with Gasteiger partial charge in [0.05, 0.1) is 5.56 Å². The molecule has 0 aliphatic rings. The summed E-state index contributed by atoms with van der Waals surface area (Å²) in [6.45, 7) is 0. The maximum Gasteiger partial charge on any atom is 0.417 e. The lowest BCUT2D eigenvalue weighted by Crippen LogP contribution is -2.09. The number of rotatable bonds is 1. The van der Waals surface area contributed by atoms with Gasteiger partial charge in [-0.3, -0.25) is 0 Å². The summed E-state index contributed by atoms with van der Waals surface area (Å²) < 4.78 is 52.2. The lowest BCUT2D eigenvalue weighted by Gasteiger charge is -2.15. The van der Waals surface area contributed by atoms with E-state index in [-0.39, 0.29) is 16.8 Å². The van der Waals surface area contributed by atoms with Crippen LogP contribution in [0.4, 0.5) is 23.2 Å². The average molecular weight is 255 g/mol. The molecule has 1 nitrogen and oxygen atoms in total. The molecule has 0 aromatic heterocycles. The van der Waals surface area contributed by atoms with Gasteiger partial charge in [-0.2, -0.15) is 13.2 Å². The Morgan fingerprint density at radius 2 is 1.56 bits per heavy atom. The number of nitrogens with two attached hydrogens (primary N) is 1. The normalized spacial score (nSPS) is 11.6. The fourth-order valence-electron chi connectivity index (χ4n) is 1.77. The van der Waals surface area contributed by atoms with Crippen LogP contribution in [-0.4, -0.2) is 0 Å². The SMILES string of the molecule is Nc1cccc(C(F)(F)F)c1-c1ccccc1F. The molecule has 2 aromatic rings. The fraction of sp³-hybridized carbons (Fsp3) is 0.0769. The summed E-state index contributed by atoms with van der Waals surface area (Å²) in [5, 5.41) is 0. The fourth-order valence-corrected chi connectivity index (χ4v) is 1.77. The summed E-state index contributed by atoms with van der Waals surface area (Å²) in [6.07, 6.45) is -4.58. The molecule has 0 unspecified atom stereocenters. The summed E-state index contributed by atoms with van der Waals surface area (Å²) in [6, 6.07) is 8.64. The maximum atomic E-state index is 13.6. The zero-order valence-corrected chi connectivity index (χ0v) is 9.13. The van der Waals surface area contributed by atoms with Crippen LogP contribution in [0.3, 0.4) is 0 Å². The molecule has 2 N–H and O–H groups in total. The minimum absolute atomic E-state index is 0.102. The lowest BCUT2D eigenvalue weighted by atomic mass is 9.97. The van der Waals surface area contributed by atoms with Crippen molar-refractivity contribution in [3.05, 3.63) is 53.8 Å². The van der Waals surface area contributed by atoms with Gasteiger partial charge in [-0.15, -0.1) is 0 Å². The second kappa shape index (κ2) is 4.33. The molecular formula is C13H9F4N. The van der Waals surface area contributed by atoms with Crippen molar-refractivity contribution >= 4 is 5.69 Å². The van der Waals surface area contributed by atoms with Gasteiger partial charge in [0, 0.05) is 16.8 Å². The van der Waals surface area contributed by atoms with Gasteiger partial charge >= 0.3 is 6.18 Å². The number of hydrogen-bond donors (Lipinski definition) is 1. The molecule has 0 saturated heterocycles. The number of alkyl halides is 3. The molecule has 2 rings (SSSR count). The zero-order chi connectivity index (χ0) is 13.3. The van der Waals surface area contributed by atoms with Crippen LogP contribution < -0.4 is 5.73 Å². The predicted molar refractivity (Wildman–Crippen MR) is 61.3 cm³/mol. The Hall–Kier alpha value is -2.04. The van der Waals surface area contributed by atoms with Crippen molar-refractivity contribution in [3.8, 4) is 11.1 Å². The quantitative estimate of drug-likeness (QED) is 0.602. The van der Waals surface area contributed by atoms with Crippen LogP contribution in [0, 0.1) is 5.82 Å². The molecule has 18 heavy (non-hydrogen) atoms. The van der Waals surface area contributed by atoms with Crippen molar-refractivity contribution in [1.82, 2.24) is 0 Å². The van der Waals surface area contributed by atoms with Gasteiger partial charge in [0.25, 0.3) is 0 Å². The zero-order valence-electron chi connectivity index (χ0n) is 9.13. The predicted octanol–water partition coefficient (Wildman–Crippen LogP) is 4.09. The molecule has 0 fully saturated rings. The van der Waals surface area contributed by atoms with Crippen LogP contribution in [0.15, 0.2) is 42.5 Å². The molecule has 0 atom stereocenters. The van der Waals surface area contributed by atoms with Crippen molar-refractivity contribution < 1.29 is 17.6 Å². The van der Waals surface area contributed by atoms with E-state index in [9.17, 15) is 17.6 Å². The van der Waals surface area contributed by atoms with Crippen molar-refractivity contribution in [1.29, 1.82) is 0 Å². The number of anilines is 1. The lowest BCUT2D eigenvalue weighted by molar-refractivity contribution is -0.137. The van der Waals surface area contributed by atoms with Crippen LogP contribution >= 0.6 is 0 Å². The van der Waals surface area contributed by atoms with Gasteiger partial charge in [0.15, 0.2) is 0 Å². The summed E-state index contributed by atoms with van der Waals surface area (Å²) in [5.74, 6) is -0.735. The highest BCUT2D eigenvalue weighted by Crippen LogP contribution is 2.40. The van der Waals surface area contributed by atoms with Crippen LogP contribution in [0.25, 0.3) is 11.1 Å². The summed E-state index contributed by atoms with van der Waals surface area (Å²) in [5.41, 5.74) is 4.05. The van der Waals surface area contributed by atoms with Gasteiger partial charge < -0.3 is 5.73 Å². The first-order valence-electron chi connectivity index (χ1n) is 5.12. The Morgan fingerprint density at radius 1 is 0.889 bits per heavy atom. The molecule has 0 aliphatic carbocycles. The van der Waals surface area contributed by atoms with E-state index in [2.05, 4.69) is 0 Å². The van der Waals surface area contributed by atoms with Crippen molar-refractivity contribution in [2.75, 3.05) is 5.73 Å². The van der Waals surface area contributed by atoms with Crippen LogP contribution in [-0.2, 0) is 6.18 Å². The van der Waals surface area contributed by atoms with Crippen LogP contribution in [0.5, 0.6) is 0 Å². The van der Waals surface area contributed by atoms with Crippen LogP contribution in [0.2, 0.25) is 0 Å².